The maximum atomic E-state index is 10.7. The predicted molar refractivity (Wildman–Crippen MR) is 106 cm³/mol. The van der Waals surface area contributed by atoms with E-state index in [1.807, 2.05) is 0 Å². The van der Waals surface area contributed by atoms with Crippen LogP contribution in [0.15, 0.2) is 0 Å². The summed E-state index contributed by atoms with van der Waals surface area (Å²) in [6, 6.07) is 0. The first-order valence-corrected chi connectivity index (χ1v) is 11.0. The molecule has 3 heterocycles. The lowest BCUT2D eigenvalue weighted by molar-refractivity contribution is -0.392. The van der Waals surface area contributed by atoms with Gasteiger partial charge in [-0.2, -0.15) is 0 Å². The van der Waals surface area contributed by atoms with Gasteiger partial charge in [-0.05, 0) is 0 Å². The summed E-state index contributed by atoms with van der Waals surface area (Å²) in [4.78, 5) is 0. The van der Waals surface area contributed by atoms with Crippen LogP contribution in [0.25, 0.3) is 0 Å². The zero-order valence-corrected chi connectivity index (χ0v) is 18.7. The van der Waals surface area contributed by atoms with Crippen LogP contribution in [0, 0.1) is 0 Å². The van der Waals surface area contributed by atoms with E-state index in [4.69, 9.17) is 28.4 Å². The first-order valence-electron chi connectivity index (χ1n) is 11.0. The smallest absolute Gasteiger partial charge is 0.187 e. The number of hydrogen-bond acceptors (Lipinski definition) is 16. The highest BCUT2D eigenvalue weighted by atomic mass is 16.8. The molecule has 0 aromatic rings. The normalized spacial score (nSPS) is 51.3. The van der Waals surface area contributed by atoms with Crippen molar-refractivity contribution in [1.82, 2.24) is 0 Å². The minimum Gasteiger partial charge on any atom is -0.394 e. The Morgan fingerprint density at radius 2 is 0.886 bits per heavy atom. The second kappa shape index (κ2) is 12.3. The topological polar surface area (TPSA) is 258 Å². The van der Waals surface area contributed by atoms with Gasteiger partial charge in [0.05, 0.1) is 19.8 Å². The molecule has 0 spiro atoms. The number of methoxy groups -OCH3 is 1. The van der Waals surface area contributed by atoms with Crippen LogP contribution >= 0.6 is 0 Å². The van der Waals surface area contributed by atoms with Crippen LogP contribution in [0.4, 0.5) is 0 Å². The van der Waals surface area contributed by atoms with E-state index in [0.717, 1.165) is 0 Å². The third kappa shape index (κ3) is 5.78. The van der Waals surface area contributed by atoms with E-state index >= 15 is 0 Å². The van der Waals surface area contributed by atoms with E-state index in [0.29, 0.717) is 0 Å². The van der Waals surface area contributed by atoms with E-state index in [2.05, 4.69) is 0 Å². The molecule has 3 aliphatic rings. The van der Waals surface area contributed by atoms with Crippen molar-refractivity contribution >= 4 is 0 Å². The van der Waals surface area contributed by atoms with Crippen molar-refractivity contribution in [2.75, 3.05) is 26.9 Å². The summed E-state index contributed by atoms with van der Waals surface area (Å²) in [6.07, 6.45) is -24.0. The Balaban J connectivity index is 1.84. The van der Waals surface area contributed by atoms with Crippen molar-refractivity contribution in [2.45, 2.75) is 92.1 Å². The number of aliphatic hydroxyl groups is 10. The predicted octanol–water partition coefficient (Wildman–Crippen LogP) is -6.92. The fraction of sp³-hybridized carbons (Fsp3) is 1.00. The van der Waals surface area contributed by atoms with Gasteiger partial charge < -0.3 is 79.5 Å². The van der Waals surface area contributed by atoms with Crippen LogP contribution < -0.4 is 0 Å². The molecule has 3 aliphatic heterocycles. The van der Waals surface area contributed by atoms with E-state index in [1.54, 1.807) is 0 Å². The third-order valence-corrected chi connectivity index (χ3v) is 6.35. The Labute approximate surface area is 199 Å². The lowest BCUT2D eigenvalue weighted by atomic mass is 9.96. The molecule has 0 bridgehead atoms. The van der Waals surface area contributed by atoms with E-state index < -0.39 is 112 Å². The molecule has 3 saturated heterocycles. The minimum atomic E-state index is -1.88. The summed E-state index contributed by atoms with van der Waals surface area (Å²) in [5, 5.41) is 100. The molecule has 0 saturated carbocycles. The quantitative estimate of drug-likeness (QED) is 0.143. The van der Waals surface area contributed by atoms with Gasteiger partial charge in [0.25, 0.3) is 0 Å². The van der Waals surface area contributed by atoms with Crippen molar-refractivity contribution in [2.24, 2.45) is 0 Å². The number of ether oxygens (including phenoxy) is 6. The molecular formula is C19H34O16. The second-order valence-corrected chi connectivity index (χ2v) is 8.54. The lowest BCUT2D eigenvalue weighted by Crippen LogP contribution is -2.67. The van der Waals surface area contributed by atoms with E-state index in [-0.39, 0.29) is 0 Å². The lowest BCUT2D eigenvalue weighted by Gasteiger charge is -2.48. The summed E-state index contributed by atoms with van der Waals surface area (Å²) in [5.41, 5.74) is 0. The maximum absolute atomic E-state index is 10.7. The molecule has 15 atom stereocenters. The highest BCUT2D eigenvalue weighted by Gasteiger charge is 2.54. The molecule has 0 aromatic heterocycles. The molecule has 0 aliphatic carbocycles. The fourth-order valence-corrected chi connectivity index (χ4v) is 4.26. The first kappa shape index (κ1) is 28.9. The first-order chi connectivity index (χ1) is 16.6. The van der Waals surface area contributed by atoms with Crippen molar-refractivity contribution in [3.8, 4) is 0 Å². The Bertz CT molecular complexity index is 656. The van der Waals surface area contributed by atoms with Crippen LogP contribution in [0.5, 0.6) is 0 Å². The number of aliphatic hydroxyl groups excluding tert-OH is 10. The Kier molecular flexibility index (Phi) is 10.1. The van der Waals surface area contributed by atoms with Gasteiger partial charge in [0, 0.05) is 7.11 Å². The molecule has 0 unspecified atom stereocenters. The van der Waals surface area contributed by atoms with Crippen LogP contribution in [0.2, 0.25) is 0 Å². The molecule has 16 heteroatoms. The molecule has 10 N–H and O–H groups in total. The molecular weight excluding hydrogens is 484 g/mol. The van der Waals surface area contributed by atoms with Crippen LogP contribution in [0.3, 0.4) is 0 Å². The second-order valence-electron chi connectivity index (χ2n) is 8.54. The molecule has 3 fully saturated rings. The molecule has 0 amide bonds. The number of rotatable bonds is 8. The monoisotopic (exact) mass is 518 g/mol. The van der Waals surface area contributed by atoms with Gasteiger partial charge in [-0.25, -0.2) is 0 Å². The van der Waals surface area contributed by atoms with Gasteiger partial charge in [-0.15, -0.1) is 0 Å². The van der Waals surface area contributed by atoms with Crippen molar-refractivity contribution in [3.05, 3.63) is 0 Å². The average molecular weight is 518 g/mol. The standard InChI is InChI=1S/C19H34O16/c1-30-15-12(27)9(24)6(3-21)32-18(15)35-16-13(28)10(25)7(4-22)33-19(16)34-14-11(26)8(23)5(2-20)31-17(14)29/h5-29H,2-4H2,1H3/t5-,6-,7-,8-,9-,10-,11+,12+,13+,14+,15+,16+,17+,18-,19-/m1/s1. The molecule has 206 valence electrons. The number of hydrogen-bond donors (Lipinski definition) is 10. The molecule has 0 aromatic carbocycles. The average Bonchev–Trinajstić information content (AvgIpc) is 2.85. The zero-order valence-electron chi connectivity index (χ0n) is 18.7. The SMILES string of the molecule is CO[C@@H]1[C@@H](O[C@@H]2[C@@H](O[C@H]3[C@@H](O)[C@H](O)[C@@H](CO)O[C@@H]3O)O[C@H](CO)[C@@H](O)[C@@H]2O)O[C@H](CO)[C@@H](O)[C@@H]1O. The fourth-order valence-electron chi connectivity index (χ4n) is 4.26. The largest absolute Gasteiger partial charge is 0.394 e. The summed E-state index contributed by atoms with van der Waals surface area (Å²) >= 11 is 0. The Morgan fingerprint density at radius 1 is 0.514 bits per heavy atom. The van der Waals surface area contributed by atoms with E-state index in [9.17, 15) is 51.1 Å². The van der Waals surface area contributed by atoms with Crippen molar-refractivity contribution < 1.29 is 79.5 Å². The van der Waals surface area contributed by atoms with Gasteiger partial charge in [0.15, 0.2) is 18.9 Å². The molecule has 16 nitrogen and oxygen atoms in total. The third-order valence-electron chi connectivity index (χ3n) is 6.35. The highest BCUT2D eigenvalue weighted by molar-refractivity contribution is 4.96. The van der Waals surface area contributed by atoms with Gasteiger partial charge in [0.1, 0.15) is 73.2 Å². The molecule has 3 rings (SSSR count). The minimum absolute atomic E-state index is 0.713. The highest BCUT2D eigenvalue weighted by Crippen LogP contribution is 2.33. The molecule has 35 heavy (non-hydrogen) atoms. The van der Waals surface area contributed by atoms with Gasteiger partial charge >= 0.3 is 0 Å². The molecule has 0 radical (unpaired) electrons. The van der Waals surface area contributed by atoms with Crippen LogP contribution in [-0.2, 0) is 28.4 Å². The zero-order chi connectivity index (χ0) is 26.0. The van der Waals surface area contributed by atoms with Crippen LogP contribution in [-0.4, -0.2) is 170 Å². The van der Waals surface area contributed by atoms with Gasteiger partial charge in [-0.1, -0.05) is 0 Å². The summed E-state index contributed by atoms with van der Waals surface area (Å²) in [5.74, 6) is 0. The van der Waals surface area contributed by atoms with Crippen molar-refractivity contribution in [1.29, 1.82) is 0 Å². The van der Waals surface area contributed by atoms with E-state index in [1.165, 1.54) is 7.11 Å². The summed E-state index contributed by atoms with van der Waals surface area (Å²) in [7, 11) is 1.17. The summed E-state index contributed by atoms with van der Waals surface area (Å²) < 4.78 is 32.3. The Hall–Kier alpha value is -0.640. The summed E-state index contributed by atoms with van der Waals surface area (Å²) in [6.45, 7) is -2.21. The van der Waals surface area contributed by atoms with Gasteiger partial charge in [0.2, 0.25) is 0 Å². The maximum Gasteiger partial charge on any atom is 0.187 e. The van der Waals surface area contributed by atoms with Crippen LogP contribution in [0.1, 0.15) is 0 Å². The Morgan fingerprint density at radius 3 is 1.34 bits per heavy atom. The van der Waals surface area contributed by atoms with Gasteiger partial charge in [-0.3, -0.25) is 0 Å². The van der Waals surface area contributed by atoms with Crippen molar-refractivity contribution in [3.63, 3.8) is 0 Å².